The topological polar surface area (TPSA) is 78.9 Å². The Morgan fingerprint density at radius 1 is 1.38 bits per heavy atom. The van der Waals surface area contributed by atoms with Crippen LogP contribution in [0.1, 0.15) is 29.4 Å². The molecule has 1 aromatic carbocycles. The van der Waals surface area contributed by atoms with Gasteiger partial charge in [-0.05, 0) is 50.1 Å². The predicted molar refractivity (Wildman–Crippen MR) is 78.3 cm³/mol. The van der Waals surface area contributed by atoms with Crippen molar-refractivity contribution in [1.29, 1.82) is 5.26 Å². The van der Waals surface area contributed by atoms with Crippen LogP contribution in [0.2, 0.25) is 0 Å². The number of aromatic nitrogens is 2. The number of carbonyl (C=O) groups is 1. The van der Waals surface area contributed by atoms with E-state index in [9.17, 15) is 4.79 Å². The molecule has 0 aliphatic carbocycles. The molecule has 0 spiro atoms. The summed E-state index contributed by atoms with van der Waals surface area (Å²) in [4.78, 5) is 11.0. The summed E-state index contributed by atoms with van der Waals surface area (Å²) < 4.78 is 1.79. The number of nitrogens with zero attached hydrogens (tertiary/aromatic N) is 3. The Kier molecular flexibility index (Phi) is 4.08. The van der Waals surface area contributed by atoms with Crippen LogP contribution < -0.4 is 0 Å². The van der Waals surface area contributed by atoms with Crippen LogP contribution in [0.5, 0.6) is 0 Å². The Balaban J connectivity index is 2.38. The van der Waals surface area contributed by atoms with E-state index in [0.29, 0.717) is 12.0 Å². The second kappa shape index (κ2) is 5.80. The Hall–Kier alpha value is -2.61. The predicted octanol–water partition coefficient (Wildman–Crippen LogP) is 2.62. The van der Waals surface area contributed by atoms with Gasteiger partial charge in [0.1, 0.15) is 0 Å². The van der Waals surface area contributed by atoms with Crippen molar-refractivity contribution in [3.63, 3.8) is 0 Å². The SMILES string of the molecule is Cc1nn(-c2ccc(C#N)cc2)c(C)c1CC(C)C(=O)O. The van der Waals surface area contributed by atoms with Gasteiger partial charge >= 0.3 is 5.97 Å². The third kappa shape index (κ3) is 2.95. The van der Waals surface area contributed by atoms with Crippen molar-refractivity contribution < 1.29 is 9.90 Å². The van der Waals surface area contributed by atoms with Crippen LogP contribution in [0.25, 0.3) is 5.69 Å². The zero-order chi connectivity index (χ0) is 15.6. The molecule has 0 aliphatic rings. The highest BCUT2D eigenvalue weighted by Crippen LogP contribution is 2.21. The summed E-state index contributed by atoms with van der Waals surface area (Å²) in [6, 6.07) is 9.23. The van der Waals surface area contributed by atoms with E-state index in [1.807, 2.05) is 26.0 Å². The van der Waals surface area contributed by atoms with Gasteiger partial charge in [0, 0.05) is 5.69 Å². The second-order valence-electron chi connectivity index (χ2n) is 5.16. The molecule has 1 aromatic heterocycles. The molecule has 21 heavy (non-hydrogen) atoms. The summed E-state index contributed by atoms with van der Waals surface area (Å²) in [5.41, 5.74) is 4.20. The van der Waals surface area contributed by atoms with Crippen molar-refractivity contribution in [2.75, 3.05) is 0 Å². The first-order valence-electron chi connectivity index (χ1n) is 6.72. The van der Waals surface area contributed by atoms with Gasteiger partial charge in [-0.3, -0.25) is 4.79 Å². The van der Waals surface area contributed by atoms with Gasteiger partial charge in [0.2, 0.25) is 0 Å². The van der Waals surface area contributed by atoms with Crippen LogP contribution in [-0.4, -0.2) is 20.9 Å². The smallest absolute Gasteiger partial charge is 0.306 e. The van der Waals surface area contributed by atoms with Gasteiger partial charge in [0.05, 0.1) is 28.9 Å². The summed E-state index contributed by atoms with van der Waals surface area (Å²) in [6.07, 6.45) is 0.462. The Morgan fingerprint density at radius 3 is 2.52 bits per heavy atom. The maximum atomic E-state index is 11.0. The van der Waals surface area contributed by atoms with E-state index in [1.165, 1.54) is 0 Å². The van der Waals surface area contributed by atoms with Crippen LogP contribution in [-0.2, 0) is 11.2 Å². The van der Waals surface area contributed by atoms with Crippen LogP contribution in [0.15, 0.2) is 24.3 Å². The second-order valence-corrected chi connectivity index (χ2v) is 5.16. The van der Waals surface area contributed by atoms with Crippen molar-refractivity contribution in [3.8, 4) is 11.8 Å². The summed E-state index contributed by atoms with van der Waals surface area (Å²) in [6.45, 7) is 5.51. The van der Waals surface area contributed by atoms with Crippen molar-refractivity contribution in [3.05, 3.63) is 46.8 Å². The van der Waals surface area contributed by atoms with E-state index in [0.717, 1.165) is 22.6 Å². The monoisotopic (exact) mass is 283 g/mol. The molecule has 1 N–H and O–H groups in total. The zero-order valence-electron chi connectivity index (χ0n) is 12.3. The molecule has 0 fully saturated rings. The molecule has 0 bridgehead atoms. The zero-order valence-corrected chi connectivity index (χ0v) is 12.3. The van der Waals surface area contributed by atoms with Gasteiger partial charge in [-0.15, -0.1) is 0 Å². The first kappa shape index (κ1) is 14.8. The lowest BCUT2D eigenvalue weighted by atomic mass is 10.00. The molecular formula is C16H17N3O2. The quantitative estimate of drug-likeness (QED) is 0.935. The summed E-state index contributed by atoms with van der Waals surface area (Å²) in [7, 11) is 0. The van der Waals surface area contributed by atoms with Gasteiger partial charge in [-0.1, -0.05) is 6.92 Å². The Morgan fingerprint density at radius 2 is 2.00 bits per heavy atom. The minimum absolute atomic E-state index is 0.444. The van der Waals surface area contributed by atoms with Gasteiger partial charge in [-0.2, -0.15) is 10.4 Å². The van der Waals surface area contributed by atoms with Crippen LogP contribution >= 0.6 is 0 Å². The number of nitriles is 1. The fourth-order valence-electron chi connectivity index (χ4n) is 2.29. The number of benzene rings is 1. The van der Waals surface area contributed by atoms with E-state index in [-0.39, 0.29) is 0 Å². The van der Waals surface area contributed by atoms with E-state index in [4.69, 9.17) is 10.4 Å². The third-order valence-corrected chi connectivity index (χ3v) is 3.61. The third-order valence-electron chi connectivity index (χ3n) is 3.61. The van der Waals surface area contributed by atoms with Crippen molar-refractivity contribution in [1.82, 2.24) is 9.78 Å². The fraction of sp³-hybridized carbons (Fsp3) is 0.312. The first-order chi connectivity index (χ1) is 9.93. The van der Waals surface area contributed by atoms with Gasteiger partial charge in [0.25, 0.3) is 0 Å². The molecule has 1 heterocycles. The molecule has 1 unspecified atom stereocenters. The number of carboxylic acid groups (broad SMARTS) is 1. The van der Waals surface area contributed by atoms with Gasteiger partial charge < -0.3 is 5.11 Å². The van der Waals surface area contributed by atoms with Crippen molar-refractivity contribution in [2.45, 2.75) is 27.2 Å². The number of carboxylic acids is 1. The standard InChI is InChI=1S/C16H17N3O2/c1-10(16(20)21)8-15-11(2)18-19(12(15)3)14-6-4-13(9-17)5-7-14/h4-7,10H,8H2,1-3H3,(H,20,21). The lowest BCUT2D eigenvalue weighted by Crippen LogP contribution is -2.13. The number of aryl methyl sites for hydroxylation is 1. The summed E-state index contributed by atoms with van der Waals surface area (Å²) >= 11 is 0. The van der Waals surface area contributed by atoms with E-state index >= 15 is 0 Å². The number of rotatable bonds is 4. The molecular weight excluding hydrogens is 266 g/mol. The molecule has 1 atom stereocenters. The average molecular weight is 283 g/mol. The highest BCUT2D eigenvalue weighted by Gasteiger charge is 2.19. The summed E-state index contributed by atoms with van der Waals surface area (Å²) in [5, 5.41) is 22.4. The van der Waals surface area contributed by atoms with Crippen LogP contribution in [0.4, 0.5) is 0 Å². The maximum Gasteiger partial charge on any atom is 0.306 e. The van der Waals surface area contributed by atoms with E-state index in [2.05, 4.69) is 11.2 Å². The van der Waals surface area contributed by atoms with Crippen LogP contribution in [0, 0.1) is 31.1 Å². The molecule has 0 radical (unpaired) electrons. The minimum Gasteiger partial charge on any atom is -0.481 e. The molecule has 0 amide bonds. The van der Waals surface area contributed by atoms with Gasteiger partial charge in [-0.25, -0.2) is 4.68 Å². The summed E-state index contributed by atoms with van der Waals surface area (Å²) in [5.74, 6) is -1.25. The van der Waals surface area contributed by atoms with Crippen molar-refractivity contribution in [2.24, 2.45) is 5.92 Å². The lowest BCUT2D eigenvalue weighted by molar-refractivity contribution is -0.141. The number of aliphatic carboxylic acids is 1. The minimum atomic E-state index is -0.806. The molecule has 108 valence electrons. The molecule has 0 saturated heterocycles. The van der Waals surface area contributed by atoms with E-state index in [1.54, 1.807) is 23.7 Å². The largest absolute Gasteiger partial charge is 0.481 e. The maximum absolute atomic E-state index is 11.0. The molecule has 2 rings (SSSR count). The molecule has 2 aromatic rings. The molecule has 0 saturated carbocycles. The van der Waals surface area contributed by atoms with Crippen LogP contribution in [0.3, 0.4) is 0 Å². The van der Waals surface area contributed by atoms with Crippen molar-refractivity contribution >= 4 is 5.97 Å². The molecule has 0 aliphatic heterocycles. The molecule has 5 nitrogen and oxygen atoms in total. The first-order valence-corrected chi connectivity index (χ1v) is 6.72. The Bertz CT molecular complexity index is 708. The Labute approximate surface area is 123 Å². The lowest BCUT2D eigenvalue weighted by Gasteiger charge is -2.08. The highest BCUT2D eigenvalue weighted by atomic mass is 16.4. The van der Waals surface area contributed by atoms with E-state index < -0.39 is 11.9 Å². The number of hydrogen-bond donors (Lipinski definition) is 1. The highest BCUT2D eigenvalue weighted by molar-refractivity contribution is 5.70. The average Bonchev–Trinajstić information content (AvgIpc) is 2.75. The fourth-order valence-corrected chi connectivity index (χ4v) is 2.29. The van der Waals surface area contributed by atoms with Gasteiger partial charge in [0.15, 0.2) is 0 Å². The normalized spacial score (nSPS) is 11.9. The number of hydrogen-bond acceptors (Lipinski definition) is 3. The molecule has 5 heteroatoms.